The molecule has 0 N–H and O–H groups in total. The molecule has 6 rings (SSSR count). The van der Waals surface area contributed by atoms with E-state index in [9.17, 15) is 9.59 Å². The molecule has 1 spiro atoms. The number of carbonyl (C=O) groups is 2. The smallest absolute Gasteiger partial charge is 0.409 e. The highest BCUT2D eigenvalue weighted by Gasteiger charge is 2.51. The van der Waals surface area contributed by atoms with Crippen LogP contribution in [0.1, 0.15) is 42.2 Å². The summed E-state index contributed by atoms with van der Waals surface area (Å²) in [4.78, 5) is 42.4. The van der Waals surface area contributed by atoms with Gasteiger partial charge in [0.1, 0.15) is 5.82 Å². The van der Waals surface area contributed by atoms with Crippen molar-refractivity contribution in [2.45, 2.75) is 38.8 Å². The number of amides is 2. The Balaban J connectivity index is 1.09. The molecule has 5 heterocycles. The quantitative estimate of drug-likeness (QED) is 0.652. The summed E-state index contributed by atoms with van der Waals surface area (Å²) in [5.41, 5.74) is 3.72. The molecule has 9 heteroatoms. The van der Waals surface area contributed by atoms with Crippen molar-refractivity contribution in [3.05, 3.63) is 41.7 Å². The van der Waals surface area contributed by atoms with Crippen molar-refractivity contribution in [1.29, 1.82) is 0 Å². The Hall–Kier alpha value is -3.20. The second-order valence-corrected chi connectivity index (χ2v) is 10.7. The Kier molecular flexibility index (Phi) is 5.82. The number of nitrogens with zero attached hydrogens (tertiary/aromatic N) is 6. The lowest BCUT2D eigenvalue weighted by atomic mass is 9.78. The molecule has 1 aliphatic carbocycles. The summed E-state index contributed by atoms with van der Waals surface area (Å²) in [6.45, 7) is 8.40. The van der Waals surface area contributed by atoms with Crippen LogP contribution in [0.25, 0.3) is 11.3 Å². The number of hydrogen-bond donors (Lipinski definition) is 0. The summed E-state index contributed by atoms with van der Waals surface area (Å²) < 4.78 is 5.16. The molecule has 9 nitrogen and oxygen atoms in total. The van der Waals surface area contributed by atoms with Crippen molar-refractivity contribution in [3.63, 3.8) is 0 Å². The first-order chi connectivity index (χ1) is 17.5. The summed E-state index contributed by atoms with van der Waals surface area (Å²) in [5.74, 6) is 1.00. The minimum Gasteiger partial charge on any atom is -0.450 e. The van der Waals surface area contributed by atoms with E-state index in [1.54, 1.807) is 4.90 Å². The van der Waals surface area contributed by atoms with Crippen molar-refractivity contribution in [1.82, 2.24) is 24.7 Å². The average Bonchev–Trinajstić information content (AvgIpc) is 3.45. The molecule has 4 aliphatic rings. The third-order valence-corrected chi connectivity index (χ3v) is 8.39. The van der Waals surface area contributed by atoms with Gasteiger partial charge in [0.15, 0.2) is 0 Å². The third kappa shape index (κ3) is 3.99. The first kappa shape index (κ1) is 23.2. The van der Waals surface area contributed by atoms with Crippen LogP contribution in [0.4, 0.5) is 10.6 Å². The first-order valence-electron chi connectivity index (χ1n) is 13.1. The van der Waals surface area contributed by atoms with Crippen LogP contribution in [-0.4, -0.2) is 95.6 Å². The van der Waals surface area contributed by atoms with E-state index in [1.807, 2.05) is 43.3 Å². The van der Waals surface area contributed by atoms with Gasteiger partial charge in [0.2, 0.25) is 0 Å². The molecule has 190 valence electrons. The Labute approximate surface area is 212 Å². The van der Waals surface area contributed by atoms with Gasteiger partial charge in [-0.2, -0.15) is 0 Å². The molecule has 1 atom stereocenters. The van der Waals surface area contributed by atoms with Gasteiger partial charge in [0, 0.05) is 69.5 Å². The maximum Gasteiger partial charge on any atom is 0.409 e. The SMILES string of the molecule is CCOC(=O)N1CC2(CC[C@@H](N3CCN(c4ncccc4-c4ccc5c(n4)CN(C)C5=O)CC3)C2)C1. The Morgan fingerprint density at radius 2 is 1.94 bits per heavy atom. The zero-order valence-corrected chi connectivity index (χ0v) is 21.2. The summed E-state index contributed by atoms with van der Waals surface area (Å²) in [6, 6.07) is 8.47. The van der Waals surface area contributed by atoms with Gasteiger partial charge in [-0.3, -0.25) is 9.69 Å². The van der Waals surface area contributed by atoms with Gasteiger partial charge >= 0.3 is 6.09 Å². The largest absolute Gasteiger partial charge is 0.450 e. The molecule has 2 saturated heterocycles. The molecule has 1 saturated carbocycles. The van der Waals surface area contributed by atoms with E-state index >= 15 is 0 Å². The Bertz CT molecular complexity index is 1170. The highest BCUT2D eigenvalue weighted by Crippen LogP contribution is 2.47. The van der Waals surface area contributed by atoms with Crippen LogP contribution in [0, 0.1) is 5.41 Å². The molecule has 2 aromatic rings. The monoisotopic (exact) mass is 490 g/mol. The molecule has 3 aliphatic heterocycles. The topological polar surface area (TPSA) is 82.1 Å². The normalized spacial score (nSPS) is 23.2. The lowest BCUT2D eigenvalue weighted by Crippen LogP contribution is -2.58. The van der Waals surface area contributed by atoms with Gasteiger partial charge in [-0.05, 0) is 50.5 Å². The number of ether oxygens (including phenoxy) is 1. The first-order valence-corrected chi connectivity index (χ1v) is 13.1. The molecule has 0 aromatic carbocycles. The number of piperazine rings is 1. The molecule has 0 radical (unpaired) electrons. The highest BCUT2D eigenvalue weighted by atomic mass is 16.6. The van der Waals surface area contributed by atoms with Crippen LogP contribution in [-0.2, 0) is 11.3 Å². The number of carbonyl (C=O) groups excluding carboxylic acids is 2. The maximum atomic E-state index is 12.3. The standard InChI is InChI=1S/C27H34N6O3/c1-3-36-26(35)33-17-27(18-33)9-8-19(15-27)31-11-13-32(14-12-31)24-20(5-4-10-28-24)22-7-6-21-23(29-22)16-30(2)25(21)34/h4-7,10,19H,3,8-9,11-18H2,1-2H3/t19-/m1/s1. The van der Waals surface area contributed by atoms with Crippen molar-refractivity contribution in [2.75, 3.05) is 57.8 Å². The second-order valence-electron chi connectivity index (χ2n) is 10.7. The van der Waals surface area contributed by atoms with Crippen LogP contribution in [0.5, 0.6) is 0 Å². The molecule has 3 fully saturated rings. The lowest BCUT2D eigenvalue weighted by molar-refractivity contribution is -0.00294. The van der Waals surface area contributed by atoms with Crippen molar-refractivity contribution in [2.24, 2.45) is 5.41 Å². The minimum atomic E-state index is -0.164. The van der Waals surface area contributed by atoms with E-state index in [2.05, 4.69) is 15.9 Å². The minimum absolute atomic E-state index is 0.0378. The van der Waals surface area contributed by atoms with Gasteiger partial charge in [0.25, 0.3) is 5.91 Å². The van der Waals surface area contributed by atoms with Crippen LogP contribution in [0.3, 0.4) is 0 Å². The Morgan fingerprint density at radius 3 is 2.72 bits per heavy atom. The van der Waals surface area contributed by atoms with E-state index in [0.717, 1.165) is 62.0 Å². The fraction of sp³-hybridized carbons (Fsp3) is 0.556. The van der Waals surface area contributed by atoms with E-state index in [4.69, 9.17) is 14.7 Å². The lowest BCUT2D eigenvalue weighted by Gasteiger charge is -2.48. The predicted octanol–water partition coefficient (Wildman–Crippen LogP) is 2.86. The molecule has 0 bridgehead atoms. The number of fused-ring (bicyclic) bond motifs is 1. The van der Waals surface area contributed by atoms with Crippen LogP contribution in [0.2, 0.25) is 0 Å². The average molecular weight is 491 g/mol. The zero-order chi connectivity index (χ0) is 24.9. The number of aromatic nitrogens is 2. The van der Waals surface area contributed by atoms with Crippen LogP contribution >= 0.6 is 0 Å². The number of pyridine rings is 2. The van der Waals surface area contributed by atoms with Gasteiger partial charge in [0.05, 0.1) is 30.1 Å². The van der Waals surface area contributed by atoms with Crippen molar-refractivity contribution in [3.8, 4) is 11.3 Å². The second kappa shape index (κ2) is 9.03. The van der Waals surface area contributed by atoms with E-state index in [-0.39, 0.29) is 17.4 Å². The van der Waals surface area contributed by atoms with E-state index < -0.39 is 0 Å². The fourth-order valence-electron chi connectivity index (χ4n) is 6.50. The molecular formula is C27H34N6O3. The van der Waals surface area contributed by atoms with Crippen molar-refractivity contribution >= 4 is 17.8 Å². The fourth-order valence-corrected chi connectivity index (χ4v) is 6.50. The summed E-state index contributed by atoms with van der Waals surface area (Å²) in [6.07, 6.45) is 5.26. The highest BCUT2D eigenvalue weighted by molar-refractivity contribution is 5.98. The van der Waals surface area contributed by atoms with Gasteiger partial charge in [-0.25, -0.2) is 14.8 Å². The van der Waals surface area contributed by atoms with Crippen LogP contribution in [0.15, 0.2) is 30.5 Å². The zero-order valence-electron chi connectivity index (χ0n) is 21.2. The summed E-state index contributed by atoms with van der Waals surface area (Å²) in [7, 11) is 1.81. The van der Waals surface area contributed by atoms with Crippen molar-refractivity contribution < 1.29 is 14.3 Å². The molecule has 0 unspecified atom stereocenters. The Morgan fingerprint density at radius 1 is 1.14 bits per heavy atom. The predicted molar refractivity (Wildman–Crippen MR) is 136 cm³/mol. The number of anilines is 1. The van der Waals surface area contributed by atoms with Crippen LogP contribution < -0.4 is 4.90 Å². The third-order valence-electron chi connectivity index (χ3n) is 8.39. The molecular weight excluding hydrogens is 456 g/mol. The van der Waals surface area contributed by atoms with Gasteiger partial charge in [-0.1, -0.05) is 0 Å². The molecule has 2 aromatic heterocycles. The summed E-state index contributed by atoms with van der Waals surface area (Å²) >= 11 is 0. The number of hydrogen-bond acceptors (Lipinski definition) is 7. The number of rotatable bonds is 4. The van der Waals surface area contributed by atoms with Gasteiger partial charge in [-0.15, -0.1) is 0 Å². The molecule has 2 amide bonds. The molecule has 36 heavy (non-hydrogen) atoms. The maximum absolute atomic E-state index is 12.3. The number of likely N-dealkylation sites (tertiary alicyclic amines) is 1. The summed E-state index contributed by atoms with van der Waals surface area (Å²) in [5, 5.41) is 0. The van der Waals surface area contributed by atoms with E-state index in [0.29, 0.717) is 24.8 Å². The van der Waals surface area contributed by atoms with Gasteiger partial charge < -0.3 is 19.4 Å². The van der Waals surface area contributed by atoms with E-state index in [1.165, 1.54) is 19.3 Å².